The van der Waals surface area contributed by atoms with Gasteiger partial charge in [-0.05, 0) is 54.1 Å². The Hall–Kier alpha value is -3.01. The summed E-state index contributed by atoms with van der Waals surface area (Å²) >= 11 is 0. The van der Waals surface area contributed by atoms with Gasteiger partial charge in [0.25, 0.3) is 0 Å². The third-order valence-corrected chi connectivity index (χ3v) is 3.54. The molecule has 0 radical (unpaired) electrons. The molecule has 2 aromatic carbocycles. The molecule has 0 atom stereocenters. The van der Waals surface area contributed by atoms with E-state index >= 15 is 0 Å². The van der Waals surface area contributed by atoms with E-state index in [0.29, 0.717) is 6.54 Å². The number of nitrogens with one attached hydrogen (secondary N) is 1. The Morgan fingerprint density at radius 3 is 2.39 bits per heavy atom. The second-order valence-electron chi connectivity index (χ2n) is 5.16. The minimum atomic E-state index is 0.252. The van der Waals surface area contributed by atoms with E-state index in [0.717, 1.165) is 28.4 Å². The average molecular weight is 306 g/mol. The van der Waals surface area contributed by atoms with Crippen molar-refractivity contribution >= 4 is 5.82 Å². The highest BCUT2D eigenvalue weighted by Gasteiger charge is 2.02. The van der Waals surface area contributed by atoms with Crippen LogP contribution in [0.3, 0.4) is 0 Å². The molecule has 3 aromatic rings. The third kappa shape index (κ3) is 3.80. The van der Waals surface area contributed by atoms with Crippen LogP contribution in [-0.4, -0.2) is 17.2 Å². The molecule has 116 valence electrons. The zero-order chi connectivity index (χ0) is 16.1. The number of phenols is 1. The van der Waals surface area contributed by atoms with E-state index < -0.39 is 0 Å². The molecule has 0 bridgehead atoms. The summed E-state index contributed by atoms with van der Waals surface area (Å²) in [7, 11) is 1.66. The first-order valence-electron chi connectivity index (χ1n) is 7.38. The Kier molecular flexibility index (Phi) is 4.43. The normalized spacial score (nSPS) is 10.3. The molecule has 0 amide bonds. The number of nitrogens with zero attached hydrogens (tertiary/aromatic N) is 1. The van der Waals surface area contributed by atoms with E-state index in [4.69, 9.17) is 4.74 Å². The first-order valence-corrected chi connectivity index (χ1v) is 7.38. The van der Waals surface area contributed by atoms with Crippen LogP contribution in [0.25, 0.3) is 11.3 Å². The van der Waals surface area contributed by atoms with Gasteiger partial charge in [-0.25, -0.2) is 4.98 Å². The molecule has 0 unspecified atom stereocenters. The zero-order valence-electron chi connectivity index (χ0n) is 12.9. The molecule has 1 aromatic heterocycles. The van der Waals surface area contributed by atoms with Crippen molar-refractivity contribution in [2.75, 3.05) is 12.4 Å². The van der Waals surface area contributed by atoms with Crippen LogP contribution in [0.2, 0.25) is 0 Å². The van der Waals surface area contributed by atoms with Crippen LogP contribution >= 0.6 is 0 Å². The summed E-state index contributed by atoms with van der Waals surface area (Å²) in [6.07, 6.45) is 0. The quantitative estimate of drug-likeness (QED) is 0.746. The van der Waals surface area contributed by atoms with E-state index in [9.17, 15) is 5.11 Å². The first-order chi connectivity index (χ1) is 11.2. The molecule has 3 rings (SSSR count). The maximum absolute atomic E-state index is 9.36. The molecule has 0 saturated heterocycles. The van der Waals surface area contributed by atoms with Crippen LogP contribution in [0.5, 0.6) is 11.5 Å². The lowest BCUT2D eigenvalue weighted by molar-refractivity contribution is 0.414. The third-order valence-electron chi connectivity index (χ3n) is 3.54. The first kappa shape index (κ1) is 14.9. The van der Waals surface area contributed by atoms with Gasteiger partial charge >= 0.3 is 0 Å². The minimum absolute atomic E-state index is 0.252. The van der Waals surface area contributed by atoms with Gasteiger partial charge in [-0.2, -0.15) is 0 Å². The van der Waals surface area contributed by atoms with Gasteiger partial charge in [0.2, 0.25) is 0 Å². The zero-order valence-corrected chi connectivity index (χ0v) is 12.9. The predicted molar refractivity (Wildman–Crippen MR) is 91.7 cm³/mol. The largest absolute Gasteiger partial charge is 0.508 e. The molecule has 0 spiro atoms. The van der Waals surface area contributed by atoms with Crippen molar-refractivity contribution in [3.05, 3.63) is 72.3 Å². The molecule has 0 saturated carbocycles. The number of benzene rings is 2. The van der Waals surface area contributed by atoms with Crippen molar-refractivity contribution < 1.29 is 9.84 Å². The molecule has 0 aliphatic rings. The molecule has 0 aliphatic heterocycles. The number of phenolic OH excluding ortho intramolecular Hbond substituents is 1. The molecule has 4 nitrogen and oxygen atoms in total. The van der Waals surface area contributed by atoms with Gasteiger partial charge in [0.05, 0.1) is 12.8 Å². The molecule has 0 fully saturated rings. The van der Waals surface area contributed by atoms with Crippen molar-refractivity contribution in [1.82, 2.24) is 4.98 Å². The van der Waals surface area contributed by atoms with E-state index in [-0.39, 0.29) is 5.75 Å². The van der Waals surface area contributed by atoms with E-state index in [1.165, 1.54) is 0 Å². The van der Waals surface area contributed by atoms with Gasteiger partial charge in [-0.1, -0.05) is 18.2 Å². The maximum atomic E-state index is 9.36. The van der Waals surface area contributed by atoms with Crippen molar-refractivity contribution in [2.24, 2.45) is 0 Å². The SMILES string of the molecule is COc1ccc(CNc2cccc(-c3ccc(O)cc3)n2)cc1. The lowest BCUT2D eigenvalue weighted by Crippen LogP contribution is -2.01. The van der Waals surface area contributed by atoms with Crippen LogP contribution in [0.1, 0.15) is 5.56 Å². The van der Waals surface area contributed by atoms with E-state index in [1.54, 1.807) is 19.2 Å². The number of hydrogen-bond acceptors (Lipinski definition) is 4. The van der Waals surface area contributed by atoms with Gasteiger partial charge in [0.1, 0.15) is 17.3 Å². The fourth-order valence-corrected chi connectivity index (χ4v) is 2.26. The number of ether oxygens (including phenoxy) is 1. The summed E-state index contributed by atoms with van der Waals surface area (Å²) < 4.78 is 5.15. The molecular weight excluding hydrogens is 288 g/mol. The highest BCUT2D eigenvalue weighted by Crippen LogP contribution is 2.21. The number of hydrogen-bond donors (Lipinski definition) is 2. The van der Waals surface area contributed by atoms with Gasteiger partial charge in [-0.15, -0.1) is 0 Å². The predicted octanol–water partition coefficient (Wildman–Crippen LogP) is 4.07. The minimum Gasteiger partial charge on any atom is -0.508 e. The Labute approximate surface area is 135 Å². The van der Waals surface area contributed by atoms with Crippen LogP contribution in [0, 0.1) is 0 Å². The summed E-state index contributed by atoms with van der Waals surface area (Å²) in [5.74, 6) is 1.91. The van der Waals surface area contributed by atoms with E-state index in [1.807, 2.05) is 54.6 Å². The van der Waals surface area contributed by atoms with Crippen LogP contribution in [-0.2, 0) is 6.54 Å². The molecule has 4 heteroatoms. The van der Waals surface area contributed by atoms with Crippen LogP contribution in [0.4, 0.5) is 5.82 Å². The van der Waals surface area contributed by atoms with Crippen molar-refractivity contribution in [1.29, 1.82) is 0 Å². The number of methoxy groups -OCH3 is 1. The fourth-order valence-electron chi connectivity index (χ4n) is 2.26. The van der Waals surface area contributed by atoms with Crippen molar-refractivity contribution in [3.8, 4) is 22.8 Å². The monoisotopic (exact) mass is 306 g/mol. The van der Waals surface area contributed by atoms with Crippen molar-refractivity contribution in [2.45, 2.75) is 6.54 Å². The number of anilines is 1. The molecular formula is C19H18N2O2. The lowest BCUT2D eigenvalue weighted by Gasteiger charge is -2.08. The van der Waals surface area contributed by atoms with Gasteiger partial charge in [0.15, 0.2) is 0 Å². The number of pyridine rings is 1. The molecule has 2 N–H and O–H groups in total. The summed E-state index contributed by atoms with van der Waals surface area (Å²) in [5, 5.41) is 12.7. The second-order valence-corrected chi connectivity index (χ2v) is 5.16. The number of aromatic hydroxyl groups is 1. The average Bonchev–Trinajstić information content (AvgIpc) is 2.61. The summed E-state index contributed by atoms with van der Waals surface area (Å²) in [6.45, 7) is 0.691. The highest BCUT2D eigenvalue weighted by atomic mass is 16.5. The van der Waals surface area contributed by atoms with Crippen LogP contribution in [0.15, 0.2) is 66.7 Å². The Bertz CT molecular complexity index is 768. The topological polar surface area (TPSA) is 54.4 Å². The standard InChI is InChI=1S/C19H18N2O2/c1-23-17-11-5-14(6-12-17)13-20-19-4-2-3-18(21-19)15-7-9-16(22)10-8-15/h2-12,22H,13H2,1H3,(H,20,21). The van der Waals surface area contributed by atoms with Crippen molar-refractivity contribution in [3.63, 3.8) is 0 Å². The number of aromatic nitrogens is 1. The highest BCUT2D eigenvalue weighted by molar-refractivity contribution is 5.62. The lowest BCUT2D eigenvalue weighted by atomic mass is 10.1. The summed E-state index contributed by atoms with van der Waals surface area (Å²) in [4.78, 5) is 4.60. The molecule has 23 heavy (non-hydrogen) atoms. The summed E-state index contributed by atoms with van der Waals surface area (Å²) in [6, 6.07) is 20.8. The molecule has 0 aliphatic carbocycles. The smallest absolute Gasteiger partial charge is 0.126 e. The fraction of sp³-hybridized carbons (Fsp3) is 0.105. The Morgan fingerprint density at radius 2 is 1.70 bits per heavy atom. The Balaban J connectivity index is 1.70. The summed E-state index contributed by atoms with van der Waals surface area (Å²) in [5.41, 5.74) is 2.99. The maximum Gasteiger partial charge on any atom is 0.126 e. The molecule has 1 heterocycles. The van der Waals surface area contributed by atoms with Crippen LogP contribution < -0.4 is 10.1 Å². The van der Waals surface area contributed by atoms with Gasteiger partial charge in [-0.3, -0.25) is 0 Å². The number of rotatable bonds is 5. The Morgan fingerprint density at radius 1 is 0.957 bits per heavy atom. The van der Waals surface area contributed by atoms with Gasteiger partial charge in [0, 0.05) is 12.1 Å². The second kappa shape index (κ2) is 6.83. The van der Waals surface area contributed by atoms with E-state index in [2.05, 4.69) is 10.3 Å². The van der Waals surface area contributed by atoms with Gasteiger partial charge < -0.3 is 15.2 Å².